The molecule has 4 heteroatoms. The van der Waals surface area contributed by atoms with Crippen LogP contribution < -0.4 is 10.9 Å². The Morgan fingerprint density at radius 2 is 1.32 bits per heavy atom. The maximum absolute atomic E-state index is 12.4. The number of carbonyl (C=O) groups excluding carboxylic acids is 1. The molecule has 0 saturated heterocycles. The number of hydrogen-bond acceptors (Lipinski definition) is 3. The Hall–Kier alpha value is -0.870. The SMILES string of the molecule is C=C(CCC)C(=O)N(NCCCCCC)NCCCCCC. The number of nitrogens with one attached hydrogen (secondary N) is 2. The monoisotopic (exact) mass is 311 g/mol. The molecule has 0 rings (SSSR count). The van der Waals surface area contributed by atoms with Gasteiger partial charge in [0.05, 0.1) is 0 Å². The number of carbonyl (C=O) groups is 1. The van der Waals surface area contributed by atoms with Gasteiger partial charge in [-0.2, -0.15) is 0 Å². The van der Waals surface area contributed by atoms with Gasteiger partial charge in [0, 0.05) is 18.7 Å². The van der Waals surface area contributed by atoms with E-state index in [0.717, 1.165) is 38.8 Å². The van der Waals surface area contributed by atoms with E-state index in [1.165, 1.54) is 38.5 Å². The fourth-order valence-corrected chi connectivity index (χ4v) is 2.25. The van der Waals surface area contributed by atoms with Gasteiger partial charge in [0.2, 0.25) is 0 Å². The fraction of sp³-hybridized carbons (Fsp3) is 0.833. The number of hydrazine groups is 2. The van der Waals surface area contributed by atoms with Crippen molar-refractivity contribution >= 4 is 5.91 Å². The van der Waals surface area contributed by atoms with Crippen molar-refractivity contribution in [3.05, 3.63) is 12.2 Å². The van der Waals surface area contributed by atoms with E-state index in [9.17, 15) is 4.79 Å². The summed E-state index contributed by atoms with van der Waals surface area (Å²) >= 11 is 0. The first kappa shape index (κ1) is 21.1. The van der Waals surface area contributed by atoms with Crippen molar-refractivity contribution in [3.63, 3.8) is 0 Å². The van der Waals surface area contributed by atoms with Crippen molar-refractivity contribution in [2.45, 2.75) is 85.0 Å². The summed E-state index contributed by atoms with van der Waals surface area (Å²) in [7, 11) is 0. The fourth-order valence-electron chi connectivity index (χ4n) is 2.25. The average molecular weight is 312 g/mol. The highest BCUT2D eigenvalue weighted by Crippen LogP contribution is 2.05. The first-order valence-corrected chi connectivity index (χ1v) is 9.16. The highest BCUT2D eigenvalue weighted by Gasteiger charge is 2.15. The molecule has 0 aliphatic rings. The second-order valence-electron chi connectivity index (χ2n) is 5.93. The van der Waals surface area contributed by atoms with E-state index in [4.69, 9.17) is 0 Å². The van der Waals surface area contributed by atoms with E-state index in [2.05, 4.69) is 38.2 Å². The highest BCUT2D eigenvalue weighted by molar-refractivity contribution is 5.92. The van der Waals surface area contributed by atoms with Crippen LogP contribution in [0.5, 0.6) is 0 Å². The molecular formula is C18H37N3O. The van der Waals surface area contributed by atoms with Crippen LogP contribution >= 0.6 is 0 Å². The van der Waals surface area contributed by atoms with Gasteiger partial charge >= 0.3 is 0 Å². The Kier molecular flexibility index (Phi) is 14.4. The quantitative estimate of drug-likeness (QED) is 0.269. The zero-order chi connectivity index (χ0) is 16.6. The number of amides is 1. The standard InChI is InChI=1S/C18H37N3O/c1-5-8-10-12-15-19-21(18(22)17(4)14-7-3)20-16-13-11-9-6-2/h19-20H,4-16H2,1-3H3. The molecule has 0 atom stereocenters. The number of rotatable bonds is 15. The third kappa shape index (κ3) is 10.8. The predicted molar refractivity (Wildman–Crippen MR) is 95.2 cm³/mol. The van der Waals surface area contributed by atoms with Crippen LogP contribution in [0.1, 0.15) is 85.0 Å². The van der Waals surface area contributed by atoms with Crippen molar-refractivity contribution < 1.29 is 4.79 Å². The summed E-state index contributed by atoms with van der Waals surface area (Å²) in [4.78, 5) is 12.4. The summed E-state index contributed by atoms with van der Waals surface area (Å²) in [5, 5.41) is 1.57. The van der Waals surface area contributed by atoms with Crippen LogP contribution in [0.15, 0.2) is 12.2 Å². The van der Waals surface area contributed by atoms with Gasteiger partial charge in [-0.15, -0.1) is 0 Å². The topological polar surface area (TPSA) is 44.4 Å². The summed E-state index contributed by atoms with van der Waals surface area (Å²) in [5.74, 6) is -0.0205. The minimum atomic E-state index is -0.0205. The third-order valence-electron chi connectivity index (χ3n) is 3.66. The zero-order valence-corrected chi connectivity index (χ0v) is 15.0. The second kappa shape index (κ2) is 15.0. The molecule has 0 heterocycles. The van der Waals surface area contributed by atoms with Gasteiger partial charge in [0.1, 0.15) is 0 Å². The summed E-state index contributed by atoms with van der Waals surface area (Å²) in [5.41, 5.74) is 7.11. The van der Waals surface area contributed by atoms with Crippen molar-refractivity contribution in [1.82, 2.24) is 16.0 Å². The van der Waals surface area contributed by atoms with Gasteiger partial charge in [-0.25, -0.2) is 16.0 Å². The van der Waals surface area contributed by atoms with Crippen LogP contribution in [0.25, 0.3) is 0 Å². The van der Waals surface area contributed by atoms with E-state index in [-0.39, 0.29) is 5.91 Å². The molecule has 0 aliphatic heterocycles. The van der Waals surface area contributed by atoms with Crippen LogP contribution in [-0.2, 0) is 4.79 Å². The van der Waals surface area contributed by atoms with Gasteiger partial charge in [0.25, 0.3) is 5.91 Å². The lowest BCUT2D eigenvalue weighted by Gasteiger charge is -2.25. The highest BCUT2D eigenvalue weighted by atomic mass is 16.2. The van der Waals surface area contributed by atoms with Crippen LogP contribution in [0, 0.1) is 0 Å². The Morgan fingerprint density at radius 1 is 0.818 bits per heavy atom. The smallest absolute Gasteiger partial charge is 0.267 e. The molecule has 130 valence electrons. The largest absolute Gasteiger partial charge is 0.278 e. The molecule has 0 aromatic carbocycles. The van der Waals surface area contributed by atoms with Crippen molar-refractivity contribution in [2.24, 2.45) is 0 Å². The van der Waals surface area contributed by atoms with E-state index in [0.29, 0.717) is 5.57 Å². The lowest BCUT2D eigenvalue weighted by molar-refractivity contribution is -0.134. The van der Waals surface area contributed by atoms with Gasteiger partial charge in [0.15, 0.2) is 0 Å². The van der Waals surface area contributed by atoms with Crippen molar-refractivity contribution in [1.29, 1.82) is 0 Å². The van der Waals surface area contributed by atoms with E-state index in [1.807, 2.05) is 0 Å². The summed E-state index contributed by atoms with van der Waals surface area (Å²) in [6, 6.07) is 0. The van der Waals surface area contributed by atoms with Gasteiger partial charge < -0.3 is 0 Å². The lowest BCUT2D eigenvalue weighted by atomic mass is 10.1. The van der Waals surface area contributed by atoms with E-state index in [1.54, 1.807) is 5.12 Å². The molecular weight excluding hydrogens is 274 g/mol. The molecule has 0 aliphatic carbocycles. The Balaban J connectivity index is 4.18. The Bertz CT molecular complexity index is 278. The normalized spacial score (nSPS) is 10.7. The predicted octanol–water partition coefficient (Wildman–Crippen LogP) is 4.34. The summed E-state index contributed by atoms with van der Waals surface area (Å²) < 4.78 is 0. The first-order chi connectivity index (χ1) is 10.7. The minimum Gasteiger partial charge on any atom is -0.267 e. The molecule has 4 nitrogen and oxygen atoms in total. The molecule has 0 aromatic heterocycles. The number of hydrogen-bond donors (Lipinski definition) is 2. The van der Waals surface area contributed by atoms with Crippen molar-refractivity contribution in [3.8, 4) is 0 Å². The molecule has 0 radical (unpaired) electrons. The van der Waals surface area contributed by atoms with Gasteiger partial charge in [-0.05, 0) is 19.3 Å². The van der Waals surface area contributed by atoms with E-state index < -0.39 is 0 Å². The molecule has 0 spiro atoms. The average Bonchev–Trinajstić information content (AvgIpc) is 2.52. The lowest BCUT2D eigenvalue weighted by Crippen LogP contribution is -2.52. The van der Waals surface area contributed by atoms with Gasteiger partial charge in [-0.1, -0.05) is 72.3 Å². The maximum Gasteiger partial charge on any atom is 0.278 e. The van der Waals surface area contributed by atoms with Crippen molar-refractivity contribution in [2.75, 3.05) is 13.1 Å². The van der Waals surface area contributed by atoms with Crippen LogP contribution in [0.2, 0.25) is 0 Å². The molecule has 1 amide bonds. The number of unbranched alkanes of at least 4 members (excludes halogenated alkanes) is 6. The molecule has 0 fully saturated rings. The molecule has 0 aromatic rings. The van der Waals surface area contributed by atoms with Crippen LogP contribution in [-0.4, -0.2) is 24.1 Å². The maximum atomic E-state index is 12.4. The minimum absolute atomic E-state index is 0.0205. The molecule has 0 unspecified atom stereocenters. The van der Waals surface area contributed by atoms with Crippen LogP contribution in [0.4, 0.5) is 0 Å². The molecule has 2 N–H and O–H groups in total. The second-order valence-corrected chi connectivity index (χ2v) is 5.93. The van der Waals surface area contributed by atoms with Crippen LogP contribution in [0.3, 0.4) is 0 Å². The molecule has 0 bridgehead atoms. The van der Waals surface area contributed by atoms with Gasteiger partial charge in [-0.3, -0.25) is 4.79 Å². The van der Waals surface area contributed by atoms with E-state index >= 15 is 0 Å². The zero-order valence-electron chi connectivity index (χ0n) is 15.0. The molecule has 22 heavy (non-hydrogen) atoms. The Morgan fingerprint density at radius 3 is 1.73 bits per heavy atom. The Labute approximate surface area is 137 Å². The number of nitrogens with zero attached hydrogens (tertiary/aromatic N) is 1. The summed E-state index contributed by atoms with van der Waals surface area (Å²) in [6.45, 7) is 12.0. The third-order valence-corrected chi connectivity index (χ3v) is 3.66. The molecule has 0 saturated carbocycles. The first-order valence-electron chi connectivity index (χ1n) is 9.16. The summed E-state index contributed by atoms with van der Waals surface area (Å²) in [6.07, 6.45) is 11.3.